The van der Waals surface area contributed by atoms with Crippen LogP contribution in [0, 0.1) is 16.0 Å². The molecule has 0 aliphatic carbocycles. The van der Waals surface area contributed by atoms with Crippen LogP contribution in [0.3, 0.4) is 0 Å². The number of benzene rings is 1. The molecule has 1 aromatic carbocycles. The Hall–Kier alpha value is -2.20. The van der Waals surface area contributed by atoms with Crippen molar-refractivity contribution in [1.29, 1.82) is 0 Å². The highest BCUT2D eigenvalue weighted by molar-refractivity contribution is 7.89. The molecule has 0 saturated carbocycles. The predicted octanol–water partition coefficient (Wildman–Crippen LogP) is 0.968. The fraction of sp³-hybridized carbons (Fsp3) is 0.462. The average Bonchev–Trinajstić information content (AvgIpc) is 2.48. The van der Waals surface area contributed by atoms with Gasteiger partial charge in [0, 0.05) is 31.7 Å². The number of amides is 1. The van der Waals surface area contributed by atoms with Crippen LogP contribution >= 0.6 is 0 Å². The molecule has 0 spiro atoms. The second-order valence-electron chi connectivity index (χ2n) is 5.64. The van der Waals surface area contributed by atoms with Gasteiger partial charge < -0.3 is 10.0 Å². The van der Waals surface area contributed by atoms with Crippen molar-refractivity contribution in [2.24, 2.45) is 5.92 Å². The van der Waals surface area contributed by atoms with Crippen LogP contribution in [0.4, 0.5) is 10.5 Å². The van der Waals surface area contributed by atoms with E-state index in [4.69, 9.17) is 5.11 Å². The first-order valence-electron chi connectivity index (χ1n) is 7.05. The van der Waals surface area contributed by atoms with E-state index in [0.29, 0.717) is 13.0 Å². The lowest BCUT2D eigenvalue weighted by Gasteiger charge is -2.51. The van der Waals surface area contributed by atoms with Gasteiger partial charge in [0.25, 0.3) is 5.69 Å². The third kappa shape index (κ3) is 2.53. The van der Waals surface area contributed by atoms with Crippen LogP contribution in [0.5, 0.6) is 0 Å². The molecular weight excluding hydrogens is 326 g/mol. The van der Waals surface area contributed by atoms with Gasteiger partial charge in [0.1, 0.15) is 0 Å². The van der Waals surface area contributed by atoms with Gasteiger partial charge in [-0.15, -0.1) is 0 Å². The molecule has 2 aliphatic heterocycles. The highest BCUT2D eigenvalue weighted by atomic mass is 32.2. The van der Waals surface area contributed by atoms with Gasteiger partial charge >= 0.3 is 6.09 Å². The molecule has 2 aliphatic rings. The van der Waals surface area contributed by atoms with Crippen LogP contribution in [-0.4, -0.2) is 59.4 Å². The van der Waals surface area contributed by atoms with Crippen molar-refractivity contribution in [2.75, 3.05) is 19.6 Å². The lowest BCUT2D eigenvalue weighted by molar-refractivity contribution is -0.387. The quantitative estimate of drug-likeness (QED) is 0.646. The van der Waals surface area contributed by atoms with E-state index in [2.05, 4.69) is 0 Å². The van der Waals surface area contributed by atoms with Crippen LogP contribution in [0.2, 0.25) is 0 Å². The summed E-state index contributed by atoms with van der Waals surface area (Å²) in [6.45, 7) is 0.752. The van der Waals surface area contributed by atoms with E-state index >= 15 is 0 Å². The lowest BCUT2D eigenvalue weighted by Crippen LogP contribution is -2.65. The molecule has 1 amide bonds. The summed E-state index contributed by atoms with van der Waals surface area (Å²) in [5.41, 5.74) is -0.471. The Morgan fingerprint density at radius 2 is 2.00 bits per heavy atom. The van der Waals surface area contributed by atoms with E-state index in [1.165, 1.54) is 27.4 Å². The highest BCUT2D eigenvalue weighted by Crippen LogP contribution is 2.38. The summed E-state index contributed by atoms with van der Waals surface area (Å²) >= 11 is 0. The Bertz CT molecular complexity index is 765. The summed E-state index contributed by atoms with van der Waals surface area (Å²) in [6.07, 6.45) is -0.488. The Kier molecular flexibility index (Phi) is 3.72. The number of rotatable bonds is 3. The molecule has 1 aromatic rings. The first kappa shape index (κ1) is 15.7. The largest absolute Gasteiger partial charge is 0.465 e. The maximum absolute atomic E-state index is 12.7. The van der Waals surface area contributed by atoms with Gasteiger partial charge in [0.2, 0.25) is 10.0 Å². The number of nitro groups is 1. The maximum atomic E-state index is 12.7. The lowest BCUT2D eigenvalue weighted by atomic mass is 9.85. The molecule has 2 fully saturated rings. The van der Waals surface area contributed by atoms with Crippen molar-refractivity contribution < 1.29 is 23.2 Å². The molecule has 124 valence electrons. The van der Waals surface area contributed by atoms with E-state index in [9.17, 15) is 23.3 Å². The zero-order chi connectivity index (χ0) is 16.8. The van der Waals surface area contributed by atoms with E-state index in [1.54, 1.807) is 0 Å². The van der Waals surface area contributed by atoms with Crippen LogP contribution in [-0.2, 0) is 10.0 Å². The SMILES string of the molecule is O=C(O)N1CC[C@H]2CN(S(=O)(=O)c3ccccc3[N+](=O)[O-])[C@H]2C1. The number of likely N-dealkylation sites (tertiary alicyclic amines) is 1. The summed E-state index contributed by atoms with van der Waals surface area (Å²) in [5, 5.41) is 20.1. The summed E-state index contributed by atoms with van der Waals surface area (Å²) in [7, 11) is -4.03. The fourth-order valence-corrected chi connectivity index (χ4v) is 5.04. The number of carbonyl (C=O) groups is 1. The molecule has 2 saturated heterocycles. The number of hydrogen-bond acceptors (Lipinski definition) is 5. The van der Waals surface area contributed by atoms with Crippen molar-refractivity contribution in [1.82, 2.24) is 9.21 Å². The summed E-state index contributed by atoms with van der Waals surface area (Å²) in [5.74, 6) is 0.100. The summed E-state index contributed by atoms with van der Waals surface area (Å²) in [4.78, 5) is 22.2. The average molecular weight is 341 g/mol. The molecule has 2 heterocycles. The van der Waals surface area contributed by atoms with Crippen molar-refractivity contribution in [3.05, 3.63) is 34.4 Å². The third-order valence-corrected chi connectivity index (χ3v) is 6.36. The van der Waals surface area contributed by atoms with Gasteiger partial charge in [-0.25, -0.2) is 13.2 Å². The number of fused-ring (bicyclic) bond motifs is 1. The number of para-hydroxylation sites is 1. The summed E-state index contributed by atoms with van der Waals surface area (Å²) in [6, 6.07) is 4.74. The Morgan fingerprint density at radius 3 is 2.65 bits per heavy atom. The normalized spacial score (nSPS) is 24.6. The zero-order valence-electron chi connectivity index (χ0n) is 12.0. The van der Waals surface area contributed by atoms with Gasteiger partial charge in [-0.1, -0.05) is 12.1 Å². The van der Waals surface area contributed by atoms with Crippen molar-refractivity contribution in [2.45, 2.75) is 17.4 Å². The topological polar surface area (TPSA) is 121 Å². The first-order chi connectivity index (χ1) is 10.8. The number of hydrogen-bond donors (Lipinski definition) is 1. The Balaban J connectivity index is 1.90. The van der Waals surface area contributed by atoms with Gasteiger partial charge in [-0.3, -0.25) is 10.1 Å². The van der Waals surface area contributed by atoms with Crippen molar-refractivity contribution in [3.8, 4) is 0 Å². The van der Waals surface area contributed by atoms with Crippen LogP contribution in [0.1, 0.15) is 6.42 Å². The zero-order valence-corrected chi connectivity index (χ0v) is 12.8. The van der Waals surface area contributed by atoms with Crippen molar-refractivity contribution in [3.63, 3.8) is 0 Å². The molecule has 1 N–H and O–H groups in total. The fourth-order valence-electron chi connectivity index (χ4n) is 3.15. The second kappa shape index (κ2) is 5.46. The standard InChI is InChI=1S/C13H15N3O6S/c17-13(18)14-6-5-9-7-15(11(9)8-14)23(21,22)12-4-2-1-3-10(12)16(19)20/h1-4,9,11H,5-8H2,(H,17,18)/t9-,11-/m0/s1. The minimum Gasteiger partial charge on any atom is -0.465 e. The smallest absolute Gasteiger partial charge is 0.407 e. The number of nitrogens with zero attached hydrogens (tertiary/aromatic N) is 3. The predicted molar refractivity (Wildman–Crippen MR) is 78.5 cm³/mol. The van der Waals surface area contributed by atoms with Gasteiger partial charge in [-0.2, -0.15) is 4.31 Å². The third-order valence-electron chi connectivity index (χ3n) is 4.42. The van der Waals surface area contributed by atoms with Gasteiger partial charge in [0.15, 0.2) is 4.90 Å². The number of piperidine rings is 1. The number of nitro benzene ring substituents is 1. The molecule has 0 aromatic heterocycles. The molecule has 0 bridgehead atoms. The minimum atomic E-state index is -4.03. The van der Waals surface area contributed by atoms with Crippen LogP contribution < -0.4 is 0 Å². The van der Waals surface area contributed by atoms with Gasteiger partial charge in [-0.05, 0) is 18.4 Å². The van der Waals surface area contributed by atoms with E-state index in [1.807, 2.05) is 0 Å². The Morgan fingerprint density at radius 1 is 1.30 bits per heavy atom. The number of sulfonamides is 1. The molecule has 9 nitrogen and oxygen atoms in total. The second-order valence-corrected chi connectivity index (χ2v) is 7.50. The molecule has 3 rings (SSSR count). The first-order valence-corrected chi connectivity index (χ1v) is 8.49. The summed E-state index contributed by atoms with van der Waals surface area (Å²) < 4.78 is 26.6. The molecule has 2 atom stereocenters. The highest BCUT2D eigenvalue weighted by Gasteiger charge is 2.50. The van der Waals surface area contributed by atoms with Crippen molar-refractivity contribution >= 4 is 21.8 Å². The Labute approximate surface area is 132 Å². The maximum Gasteiger partial charge on any atom is 0.407 e. The van der Waals surface area contributed by atoms with Crippen LogP contribution in [0.25, 0.3) is 0 Å². The van der Waals surface area contributed by atoms with E-state index in [0.717, 1.165) is 6.07 Å². The van der Waals surface area contributed by atoms with Crippen LogP contribution in [0.15, 0.2) is 29.2 Å². The molecule has 23 heavy (non-hydrogen) atoms. The monoisotopic (exact) mass is 341 g/mol. The number of carboxylic acid groups (broad SMARTS) is 1. The molecule has 0 radical (unpaired) electrons. The van der Waals surface area contributed by atoms with E-state index in [-0.39, 0.29) is 23.9 Å². The minimum absolute atomic E-state index is 0.0971. The molecule has 10 heteroatoms. The molecular formula is C13H15N3O6S. The van der Waals surface area contributed by atoms with Gasteiger partial charge in [0.05, 0.1) is 4.92 Å². The van der Waals surface area contributed by atoms with E-state index < -0.39 is 32.8 Å². The molecule has 0 unspecified atom stereocenters.